The lowest BCUT2D eigenvalue weighted by atomic mass is 9.80. The van der Waals surface area contributed by atoms with Crippen molar-refractivity contribution in [3.63, 3.8) is 0 Å². The van der Waals surface area contributed by atoms with Crippen LogP contribution in [-0.4, -0.2) is 121 Å². The number of para-hydroxylation sites is 2. The molecule has 2 aliphatic heterocycles. The Kier molecular flexibility index (Phi) is 13.5. The van der Waals surface area contributed by atoms with Crippen molar-refractivity contribution in [3.05, 3.63) is 129 Å². The van der Waals surface area contributed by atoms with E-state index in [0.29, 0.717) is 108 Å². The number of piperazine rings is 2. The van der Waals surface area contributed by atoms with Gasteiger partial charge in [0.05, 0.1) is 43.8 Å². The minimum absolute atomic E-state index is 0.288. The van der Waals surface area contributed by atoms with Crippen LogP contribution in [0.3, 0.4) is 0 Å². The molecule has 326 valence electrons. The smallest absolute Gasteiger partial charge is 0.243 e. The maximum absolute atomic E-state index is 13.3. The van der Waals surface area contributed by atoms with Crippen molar-refractivity contribution in [2.24, 2.45) is 11.5 Å². The highest BCUT2D eigenvalue weighted by Crippen LogP contribution is 2.38. The summed E-state index contributed by atoms with van der Waals surface area (Å²) >= 11 is 6.76. The van der Waals surface area contributed by atoms with E-state index in [0.717, 1.165) is 30.8 Å². The summed E-state index contributed by atoms with van der Waals surface area (Å²) < 4.78 is 58.0. The Labute approximate surface area is 380 Å². The van der Waals surface area contributed by atoms with E-state index in [1.54, 1.807) is 57.1 Å². The van der Waals surface area contributed by atoms with E-state index in [1.807, 2.05) is 55.5 Å². The van der Waals surface area contributed by atoms with Crippen LogP contribution in [0.4, 0.5) is 0 Å². The van der Waals surface area contributed by atoms with Crippen LogP contribution in [0.5, 0.6) is 0 Å². The van der Waals surface area contributed by atoms with Crippen LogP contribution in [0.2, 0.25) is 0 Å². The molecule has 4 aromatic carbocycles. The van der Waals surface area contributed by atoms with Gasteiger partial charge in [-0.25, -0.2) is 36.8 Å². The molecule has 0 amide bonds. The lowest BCUT2D eigenvalue weighted by Gasteiger charge is -2.36. The van der Waals surface area contributed by atoms with Gasteiger partial charge in [-0.3, -0.25) is 0 Å². The molecule has 14 nitrogen and oxygen atoms in total. The number of hydrogen-bond donors (Lipinski definition) is 2. The van der Waals surface area contributed by atoms with Crippen molar-refractivity contribution in [3.8, 4) is 0 Å². The van der Waals surface area contributed by atoms with Crippen LogP contribution < -0.4 is 11.5 Å². The molecular weight excluding hydrogens is 956 g/mol. The van der Waals surface area contributed by atoms with Crippen molar-refractivity contribution < 1.29 is 16.8 Å². The molecule has 2 fully saturated rings. The molecule has 0 saturated carbocycles. The molecule has 0 aliphatic carbocycles. The van der Waals surface area contributed by atoms with Gasteiger partial charge in [0, 0.05) is 98.0 Å². The van der Waals surface area contributed by atoms with E-state index in [2.05, 4.69) is 41.7 Å². The van der Waals surface area contributed by atoms with E-state index in [9.17, 15) is 16.8 Å². The Morgan fingerprint density at radius 2 is 1.02 bits per heavy atom. The highest BCUT2D eigenvalue weighted by atomic mass is 79.9. The van der Waals surface area contributed by atoms with Gasteiger partial charge in [0.1, 0.15) is 11.6 Å². The summed E-state index contributed by atoms with van der Waals surface area (Å²) in [5, 5.41) is 1.64. The number of hydrogen-bond acceptors (Lipinski definition) is 12. The van der Waals surface area contributed by atoms with E-state index in [1.165, 1.54) is 0 Å². The first-order chi connectivity index (χ1) is 29.8. The van der Waals surface area contributed by atoms with Crippen LogP contribution in [0.15, 0.2) is 116 Å². The average molecular weight is 1010 g/mol. The summed E-state index contributed by atoms with van der Waals surface area (Å²) in [6.07, 6.45) is 1.54. The molecule has 4 N–H and O–H groups in total. The Morgan fingerprint density at radius 1 is 0.597 bits per heavy atom. The van der Waals surface area contributed by atoms with Crippen LogP contribution >= 0.6 is 31.9 Å². The van der Waals surface area contributed by atoms with Gasteiger partial charge in [0.25, 0.3) is 0 Å². The van der Waals surface area contributed by atoms with Gasteiger partial charge in [-0.1, -0.05) is 75.2 Å². The first-order valence-corrected chi connectivity index (χ1v) is 25.2. The van der Waals surface area contributed by atoms with E-state index in [-0.39, 0.29) is 9.79 Å². The summed E-state index contributed by atoms with van der Waals surface area (Å²) in [4.78, 5) is 25.3. The zero-order valence-corrected chi connectivity index (χ0v) is 39.3. The predicted octanol–water partition coefficient (Wildman–Crippen LogP) is 5.46. The fourth-order valence-electron chi connectivity index (χ4n) is 8.28. The number of fused-ring (bicyclic) bond motifs is 2. The molecule has 2 aromatic heterocycles. The molecule has 8 rings (SSSR count). The van der Waals surface area contributed by atoms with Gasteiger partial charge >= 0.3 is 0 Å². The quantitative estimate of drug-likeness (QED) is 0.141. The highest BCUT2D eigenvalue weighted by molar-refractivity contribution is 9.10. The summed E-state index contributed by atoms with van der Waals surface area (Å²) in [6, 6.07) is 28.4. The zero-order valence-electron chi connectivity index (χ0n) is 34.4. The molecule has 2 saturated heterocycles. The van der Waals surface area contributed by atoms with Crippen molar-refractivity contribution in [2.75, 3.05) is 65.4 Å². The number of aromatic nitrogens is 4. The van der Waals surface area contributed by atoms with Gasteiger partial charge < -0.3 is 21.3 Å². The van der Waals surface area contributed by atoms with E-state index >= 15 is 0 Å². The predicted molar refractivity (Wildman–Crippen MR) is 248 cm³/mol. The molecule has 18 heteroatoms. The summed E-state index contributed by atoms with van der Waals surface area (Å²) in [6.45, 7) is 7.23. The Hall–Kier alpha value is -3.82. The molecule has 0 radical (unpaired) electrons. The van der Waals surface area contributed by atoms with Crippen LogP contribution in [0.25, 0.3) is 21.8 Å². The number of rotatable bonds is 14. The second-order valence-corrected chi connectivity index (χ2v) is 21.5. The second kappa shape index (κ2) is 18.7. The minimum Gasteiger partial charge on any atom is -0.321 e. The van der Waals surface area contributed by atoms with Gasteiger partial charge in [0.15, 0.2) is 0 Å². The van der Waals surface area contributed by atoms with Gasteiger partial charge in [0.2, 0.25) is 20.0 Å². The number of nitrogens with two attached hydrogens (primary N) is 2. The first kappa shape index (κ1) is 44.8. The summed E-state index contributed by atoms with van der Waals surface area (Å²) in [7, 11) is -7.17. The monoisotopic (exact) mass is 1000 g/mol. The zero-order chi connectivity index (χ0) is 43.6. The van der Waals surface area contributed by atoms with Crippen molar-refractivity contribution in [1.82, 2.24) is 38.3 Å². The fourth-order valence-corrected chi connectivity index (χ4v) is 11.7. The van der Waals surface area contributed by atoms with Crippen LogP contribution in [0, 0.1) is 0 Å². The molecule has 4 heterocycles. The lowest BCUT2D eigenvalue weighted by molar-refractivity contribution is 0.189. The average Bonchev–Trinajstić information content (AvgIpc) is 3.29. The summed E-state index contributed by atoms with van der Waals surface area (Å²) in [5.74, 6) is 1.27. The Balaban J connectivity index is 0.983. The Morgan fingerprint density at radius 3 is 1.48 bits per heavy atom. The standard InChI is InChI=1S/C44H50Br2N10O4S2/c1-2-44(48,43-36-8-4-6-10-38(36)50-40(52-43)20-22-54-25-29-56(30-26-54)62(59,60)34-17-13-32(46)14-18-34)42(47)41-35-7-3-5-9-37(35)49-39(51-41)19-21-53-23-27-55(28-24-53)61(57,58)33-15-11-31(45)12-16-33/h3-18,42H,2,19-30,47-48H2,1H3. The molecule has 2 unspecified atom stereocenters. The topological polar surface area (TPSA) is 185 Å². The van der Waals surface area contributed by atoms with Crippen LogP contribution in [-0.2, 0) is 38.4 Å². The SMILES string of the molecule is CCC(N)(c1nc(CCN2CCN(S(=O)(=O)c3ccc(Br)cc3)CC2)nc2ccccc12)C(N)c1nc(CCN2CCN(S(=O)(=O)c3ccc(Br)cc3)CC2)nc2ccccc12. The molecule has 2 atom stereocenters. The van der Waals surface area contributed by atoms with Gasteiger partial charge in [-0.15, -0.1) is 0 Å². The first-order valence-electron chi connectivity index (χ1n) is 20.8. The molecule has 0 bridgehead atoms. The fraction of sp³-hybridized carbons (Fsp3) is 0.364. The molecule has 6 aromatic rings. The van der Waals surface area contributed by atoms with E-state index < -0.39 is 31.6 Å². The normalized spacial score (nSPS) is 18.0. The van der Waals surface area contributed by atoms with Gasteiger partial charge in [-0.05, 0) is 67.1 Å². The second-order valence-electron chi connectivity index (χ2n) is 15.8. The summed E-state index contributed by atoms with van der Waals surface area (Å²) in [5.41, 5.74) is 16.5. The number of nitrogens with zero attached hydrogens (tertiary/aromatic N) is 8. The number of halogens is 2. The van der Waals surface area contributed by atoms with Crippen molar-refractivity contribution in [2.45, 2.75) is 47.6 Å². The molecule has 62 heavy (non-hydrogen) atoms. The van der Waals surface area contributed by atoms with E-state index in [4.69, 9.17) is 31.4 Å². The van der Waals surface area contributed by atoms with Crippen molar-refractivity contribution in [1.29, 1.82) is 0 Å². The largest absolute Gasteiger partial charge is 0.321 e. The molecular formula is C44H50Br2N10O4S2. The van der Waals surface area contributed by atoms with Gasteiger partial charge in [-0.2, -0.15) is 8.61 Å². The Bertz CT molecular complexity index is 2770. The molecule has 2 aliphatic rings. The lowest BCUT2D eigenvalue weighted by Crippen LogP contribution is -2.49. The van der Waals surface area contributed by atoms with Crippen LogP contribution in [0.1, 0.15) is 42.4 Å². The number of sulfonamides is 2. The maximum atomic E-state index is 13.3. The maximum Gasteiger partial charge on any atom is 0.243 e. The molecule has 0 spiro atoms. The third kappa shape index (κ3) is 9.36. The minimum atomic E-state index is -3.59. The highest BCUT2D eigenvalue weighted by Gasteiger charge is 2.39. The third-order valence-electron chi connectivity index (χ3n) is 12.1. The third-order valence-corrected chi connectivity index (χ3v) is 17.0. The van der Waals surface area contributed by atoms with Crippen molar-refractivity contribution >= 4 is 73.7 Å². The number of benzene rings is 4.